The molecule has 3 aromatic rings. The first kappa shape index (κ1) is 19.1. The predicted molar refractivity (Wildman–Crippen MR) is 107 cm³/mol. The molecule has 0 aliphatic carbocycles. The lowest BCUT2D eigenvalue weighted by Crippen LogP contribution is -2.03. The summed E-state index contributed by atoms with van der Waals surface area (Å²) in [6.07, 6.45) is 0. The van der Waals surface area contributed by atoms with Gasteiger partial charge >= 0.3 is 0 Å². The van der Waals surface area contributed by atoms with Crippen molar-refractivity contribution in [3.05, 3.63) is 88.7 Å². The largest absolute Gasteiger partial charge is 0.490 e. The summed E-state index contributed by atoms with van der Waals surface area (Å²) in [4.78, 5) is 0. The van der Waals surface area contributed by atoms with Gasteiger partial charge in [-0.05, 0) is 48.4 Å². The van der Waals surface area contributed by atoms with E-state index in [-0.39, 0.29) is 5.02 Å². The lowest BCUT2D eigenvalue weighted by Gasteiger charge is -2.14. The number of hydrogen-bond acceptors (Lipinski definition) is 3. The summed E-state index contributed by atoms with van der Waals surface area (Å²) in [7, 11) is 0. The Kier molecular flexibility index (Phi) is 6.55. The standard InChI is InChI=1S/C22H21ClFNO2/c1-2-26-22-12-17(14-25-18-9-10-20(24)19(23)13-18)8-11-21(22)27-15-16-6-4-3-5-7-16/h3-13,25H,2,14-15H2,1H3. The molecule has 0 heterocycles. The van der Waals surface area contributed by atoms with E-state index in [4.69, 9.17) is 21.1 Å². The van der Waals surface area contributed by atoms with E-state index in [1.165, 1.54) is 6.07 Å². The Morgan fingerprint density at radius 3 is 2.44 bits per heavy atom. The molecular weight excluding hydrogens is 365 g/mol. The average Bonchev–Trinajstić information content (AvgIpc) is 2.69. The van der Waals surface area contributed by atoms with Crippen molar-refractivity contribution in [2.75, 3.05) is 11.9 Å². The van der Waals surface area contributed by atoms with E-state index in [1.807, 2.05) is 55.5 Å². The first-order valence-electron chi connectivity index (χ1n) is 8.77. The van der Waals surface area contributed by atoms with Crippen LogP contribution < -0.4 is 14.8 Å². The van der Waals surface area contributed by atoms with Crippen molar-refractivity contribution >= 4 is 17.3 Å². The summed E-state index contributed by atoms with van der Waals surface area (Å²) in [6, 6.07) is 20.4. The summed E-state index contributed by atoms with van der Waals surface area (Å²) in [5.74, 6) is 0.972. The van der Waals surface area contributed by atoms with E-state index < -0.39 is 5.82 Å². The second-order valence-corrected chi connectivity index (χ2v) is 6.38. The fraction of sp³-hybridized carbons (Fsp3) is 0.182. The topological polar surface area (TPSA) is 30.5 Å². The molecule has 0 unspecified atom stereocenters. The van der Waals surface area contributed by atoms with E-state index in [0.29, 0.717) is 31.3 Å². The van der Waals surface area contributed by atoms with Gasteiger partial charge in [0.15, 0.2) is 11.5 Å². The van der Waals surface area contributed by atoms with Crippen LogP contribution >= 0.6 is 11.6 Å². The molecule has 0 saturated heterocycles. The zero-order chi connectivity index (χ0) is 19.1. The summed E-state index contributed by atoms with van der Waals surface area (Å²) in [5, 5.41) is 3.33. The Labute approximate surface area is 163 Å². The number of ether oxygens (including phenoxy) is 2. The molecule has 0 fully saturated rings. The van der Waals surface area contributed by atoms with Crippen LogP contribution in [0.5, 0.6) is 11.5 Å². The minimum atomic E-state index is -0.430. The molecule has 0 spiro atoms. The molecule has 5 heteroatoms. The quantitative estimate of drug-likeness (QED) is 0.510. The van der Waals surface area contributed by atoms with Gasteiger partial charge in [0.2, 0.25) is 0 Å². The van der Waals surface area contributed by atoms with Crippen molar-refractivity contribution in [1.82, 2.24) is 0 Å². The molecule has 3 aromatic carbocycles. The highest BCUT2D eigenvalue weighted by molar-refractivity contribution is 6.31. The van der Waals surface area contributed by atoms with Gasteiger partial charge in [-0.3, -0.25) is 0 Å². The average molecular weight is 386 g/mol. The van der Waals surface area contributed by atoms with Crippen LogP contribution in [0, 0.1) is 5.82 Å². The zero-order valence-corrected chi connectivity index (χ0v) is 15.8. The zero-order valence-electron chi connectivity index (χ0n) is 15.0. The third-order valence-corrected chi connectivity index (χ3v) is 4.25. The first-order chi connectivity index (χ1) is 13.2. The van der Waals surface area contributed by atoms with Gasteiger partial charge in [0, 0.05) is 12.2 Å². The van der Waals surface area contributed by atoms with Crippen molar-refractivity contribution in [3.8, 4) is 11.5 Å². The predicted octanol–water partition coefficient (Wildman–Crippen LogP) is 6.07. The van der Waals surface area contributed by atoms with E-state index in [2.05, 4.69) is 5.32 Å². The fourth-order valence-electron chi connectivity index (χ4n) is 2.60. The van der Waals surface area contributed by atoms with Gasteiger partial charge in [0.1, 0.15) is 12.4 Å². The van der Waals surface area contributed by atoms with Crippen LogP contribution in [0.4, 0.5) is 10.1 Å². The Morgan fingerprint density at radius 2 is 1.70 bits per heavy atom. The molecule has 0 saturated carbocycles. The molecule has 3 nitrogen and oxygen atoms in total. The molecule has 0 aromatic heterocycles. The van der Waals surface area contributed by atoms with E-state index >= 15 is 0 Å². The lowest BCUT2D eigenvalue weighted by molar-refractivity contribution is 0.269. The van der Waals surface area contributed by atoms with E-state index in [0.717, 1.165) is 16.8 Å². The molecule has 1 N–H and O–H groups in total. The second-order valence-electron chi connectivity index (χ2n) is 5.97. The molecule has 0 amide bonds. The maximum atomic E-state index is 13.2. The van der Waals surface area contributed by atoms with Crippen molar-refractivity contribution in [1.29, 1.82) is 0 Å². The maximum Gasteiger partial charge on any atom is 0.161 e. The Morgan fingerprint density at radius 1 is 0.889 bits per heavy atom. The van der Waals surface area contributed by atoms with Crippen LogP contribution in [0.1, 0.15) is 18.1 Å². The van der Waals surface area contributed by atoms with Gasteiger partial charge in [-0.1, -0.05) is 48.0 Å². The van der Waals surface area contributed by atoms with Crippen LogP contribution in [0.3, 0.4) is 0 Å². The van der Waals surface area contributed by atoms with Crippen LogP contribution in [-0.4, -0.2) is 6.61 Å². The molecule has 3 rings (SSSR count). The number of anilines is 1. The number of benzene rings is 3. The van der Waals surface area contributed by atoms with Crippen molar-refractivity contribution in [3.63, 3.8) is 0 Å². The second kappa shape index (κ2) is 9.28. The minimum absolute atomic E-state index is 0.0969. The van der Waals surface area contributed by atoms with Crippen LogP contribution in [0.2, 0.25) is 5.02 Å². The summed E-state index contributed by atoms with van der Waals surface area (Å²) >= 11 is 5.82. The minimum Gasteiger partial charge on any atom is -0.490 e. The van der Waals surface area contributed by atoms with Crippen molar-refractivity contribution < 1.29 is 13.9 Å². The summed E-state index contributed by atoms with van der Waals surface area (Å²) in [5.41, 5.74) is 2.87. The van der Waals surface area contributed by atoms with Crippen molar-refractivity contribution in [2.24, 2.45) is 0 Å². The Bertz CT molecular complexity index is 887. The Hall–Kier alpha value is -2.72. The van der Waals surface area contributed by atoms with Gasteiger partial charge in [0.05, 0.1) is 11.6 Å². The smallest absolute Gasteiger partial charge is 0.161 e. The lowest BCUT2D eigenvalue weighted by atomic mass is 10.2. The van der Waals surface area contributed by atoms with Gasteiger partial charge in [-0.25, -0.2) is 4.39 Å². The number of nitrogens with one attached hydrogen (secondary N) is 1. The van der Waals surface area contributed by atoms with Gasteiger partial charge in [0.25, 0.3) is 0 Å². The highest BCUT2D eigenvalue weighted by Crippen LogP contribution is 2.30. The SMILES string of the molecule is CCOc1cc(CNc2ccc(F)c(Cl)c2)ccc1OCc1ccccc1. The number of rotatable bonds is 8. The first-order valence-corrected chi connectivity index (χ1v) is 9.15. The number of hydrogen-bond donors (Lipinski definition) is 1. The molecule has 140 valence electrons. The monoisotopic (exact) mass is 385 g/mol. The molecule has 0 aliphatic heterocycles. The van der Waals surface area contributed by atoms with Crippen LogP contribution in [-0.2, 0) is 13.2 Å². The van der Waals surface area contributed by atoms with E-state index in [1.54, 1.807) is 12.1 Å². The van der Waals surface area contributed by atoms with Gasteiger partial charge < -0.3 is 14.8 Å². The number of halogens is 2. The molecule has 0 bridgehead atoms. The Balaban J connectivity index is 1.67. The molecule has 0 atom stereocenters. The fourth-order valence-corrected chi connectivity index (χ4v) is 2.78. The molecule has 0 aliphatic rings. The molecule has 0 radical (unpaired) electrons. The summed E-state index contributed by atoms with van der Waals surface area (Å²) in [6.45, 7) is 3.52. The molecule has 27 heavy (non-hydrogen) atoms. The maximum absolute atomic E-state index is 13.2. The summed E-state index contributed by atoms with van der Waals surface area (Å²) < 4.78 is 24.9. The van der Waals surface area contributed by atoms with Crippen molar-refractivity contribution in [2.45, 2.75) is 20.1 Å². The highest BCUT2D eigenvalue weighted by Gasteiger charge is 2.08. The highest BCUT2D eigenvalue weighted by atomic mass is 35.5. The normalized spacial score (nSPS) is 10.5. The third kappa shape index (κ3) is 5.38. The van der Waals surface area contributed by atoms with Crippen LogP contribution in [0.25, 0.3) is 0 Å². The van der Waals surface area contributed by atoms with E-state index in [9.17, 15) is 4.39 Å². The van der Waals surface area contributed by atoms with Crippen LogP contribution in [0.15, 0.2) is 66.7 Å². The third-order valence-electron chi connectivity index (χ3n) is 3.96. The van der Waals surface area contributed by atoms with Gasteiger partial charge in [-0.15, -0.1) is 0 Å². The van der Waals surface area contributed by atoms with Gasteiger partial charge in [-0.2, -0.15) is 0 Å². The molecular formula is C22H21ClFNO2.